The van der Waals surface area contributed by atoms with Gasteiger partial charge < -0.3 is 10.1 Å². The lowest BCUT2D eigenvalue weighted by Crippen LogP contribution is -2.36. The lowest BCUT2D eigenvalue weighted by Gasteiger charge is -2.15. The van der Waals surface area contributed by atoms with E-state index in [1.807, 2.05) is 12.1 Å². The van der Waals surface area contributed by atoms with Crippen molar-refractivity contribution in [2.45, 2.75) is 19.6 Å². The van der Waals surface area contributed by atoms with Crippen molar-refractivity contribution < 1.29 is 18.3 Å². The van der Waals surface area contributed by atoms with E-state index in [1.165, 1.54) is 6.07 Å². The Bertz CT molecular complexity index is 657. The molecular weight excluding hydrogens is 324 g/mol. The Balaban J connectivity index is 1.83. The maximum absolute atomic E-state index is 13.5. The van der Waals surface area contributed by atoms with Crippen LogP contribution in [0, 0.1) is 11.6 Å². The second kappa shape index (κ2) is 8.04. The van der Waals surface area contributed by atoms with Gasteiger partial charge in [0.1, 0.15) is 17.2 Å². The fourth-order valence-electron chi connectivity index (χ4n) is 1.99. The predicted molar refractivity (Wildman–Crippen MR) is 84.4 cm³/mol. The molecule has 0 radical (unpaired) electrons. The van der Waals surface area contributed by atoms with Crippen LogP contribution in [0.25, 0.3) is 0 Å². The van der Waals surface area contributed by atoms with Gasteiger partial charge in [-0.2, -0.15) is 0 Å². The van der Waals surface area contributed by atoms with Crippen LogP contribution in [-0.4, -0.2) is 18.6 Å². The highest BCUT2D eigenvalue weighted by molar-refractivity contribution is 6.30. The molecule has 0 bridgehead atoms. The van der Waals surface area contributed by atoms with E-state index in [1.54, 1.807) is 19.1 Å². The Morgan fingerprint density at radius 1 is 1.17 bits per heavy atom. The quantitative estimate of drug-likeness (QED) is 0.865. The molecule has 0 aliphatic heterocycles. The van der Waals surface area contributed by atoms with Crippen LogP contribution in [0.5, 0.6) is 0 Å². The molecule has 2 rings (SSSR count). The molecule has 0 spiro atoms. The minimum atomic E-state index is -0.892. The minimum absolute atomic E-state index is 0.213. The van der Waals surface area contributed by atoms with E-state index in [2.05, 4.69) is 5.32 Å². The zero-order valence-corrected chi connectivity index (χ0v) is 13.2. The first-order valence-corrected chi connectivity index (χ1v) is 7.42. The average Bonchev–Trinajstić information content (AvgIpc) is 2.49. The van der Waals surface area contributed by atoms with Gasteiger partial charge in [0, 0.05) is 11.1 Å². The third-order valence-corrected chi connectivity index (χ3v) is 3.37. The zero-order chi connectivity index (χ0) is 16.8. The normalized spacial score (nSPS) is 12.0. The Hall–Kier alpha value is -1.98. The Kier molecular flexibility index (Phi) is 6.07. The SMILES string of the molecule is CC(COCc1ccc(Cl)cc1)NC(=O)c1c(F)cccc1F. The number of ether oxygens (including phenoxy) is 1. The van der Waals surface area contributed by atoms with Crippen LogP contribution in [-0.2, 0) is 11.3 Å². The molecule has 1 amide bonds. The number of amides is 1. The molecule has 2 aromatic rings. The Labute approximate surface area is 138 Å². The molecule has 0 aliphatic rings. The fourth-order valence-corrected chi connectivity index (χ4v) is 2.11. The zero-order valence-electron chi connectivity index (χ0n) is 12.5. The van der Waals surface area contributed by atoms with Crippen LogP contribution in [0.3, 0.4) is 0 Å². The molecule has 0 saturated carbocycles. The summed E-state index contributed by atoms with van der Waals surface area (Å²) in [6.07, 6.45) is 0. The van der Waals surface area contributed by atoms with Crippen LogP contribution >= 0.6 is 11.6 Å². The molecule has 1 N–H and O–H groups in total. The summed E-state index contributed by atoms with van der Waals surface area (Å²) in [5.41, 5.74) is 0.352. The molecule has 1 atom stereocenters. The first kappa shape index (κ1) is 17.4. The van der Waals surface area contributed by atoms with Crippen LogP contribution < -0.4 is 5.32 Å². The number of hydrogen-bond acceptors (Lipinski definition) is 2. The van der Waals surface area contributed by atoms with Crippen molar-refractivity contribution in [1.29, 1.82) is 0 Å². The van der Waals surface area contributed by atoms with Gasteiger partial charge >= 0.3 is 0 Å². The molecule has 0 heterocycles. The summed E-state index contributed by atoms with van der Waals surface area (Å²) >= 11 is 5.79. The maximum Gasteiger partial charge on any atom is 0.257 e. The predicted octanol–water partition coefficient (Wildman–Crippen LogP) is 3.95. The summed E-state index contributed by atoms with van der Waals surface area (Å²) in [5, 5.41) is 3.15. The highest BCUT2D eigenvalue weighted by Crippen LogP contribution is 2.12. The lowest BCUT2D eigenvalue weighted by atomic mass is 10.1. The smallest absolute Gasteiger partial charge is 0.257 e. The second-order valence-corrected chi connectivity index (χ2v) is 5.55. The summed E-state index contributed by atoms with van der Waals surface area (Å²) in [6.45, 7) is 2.26. The summed E-state index contributed by atoms with van der Waals surface area (Å²) in [6, 6.07) is 10.1. The van der Waals surface area contributed by atoms with E-state index in [0.29, 0.717) is 11.6 Å². The van der Waals surface area contributed by atoms with Gasteiger partial charge in [-0.3, -0.25) is 4.79 Å². The summed E-state index contributed by atoms with van der Waals surface area (Å²) in [5.74, 6) is -2.59. The van der Waals surface area contributed by atoms with Gasteiger partial charge in [-0.1, -0.05) is 29.8 Å². The van der Waals surface area contributed by atoms with Crippen LogP contribution in [0.2, 0.25) is 5.02 Å². The monoisotopic (exact) mass is 339 g/mol. The maximum atomic E-state index is 13.5. The van der Waals surface area contributed by atoms with Gasteiger partial charge in [-0.25, -0.2) is 8.78 Å². The molecule has 3 nitrogen and oxygen atoms in total. The third kappa shape index (κ3) is 5.01. The van der Waals surface area contributed by atoms with Crippen molar-refractivity contribution in [1.82, 2.24) is 5.32 Å². The highest BCUT2D eigenvalue weighted by atomic mass is 35.5. The van der Waals surface area contributed by atoms with Crippen molar-refractivity contribution in [2.24, 2.45) is 0 Å². The van der Waals surface area contributed by atoms with Gasteiger partial charge in [0.25, 0.3) is 5.91 Å². The molecule has 2 aromatic carbocycles. The van der Waals surface area contributed by atoms with Crippen LogP contribution in [0.4, 0.5) is 8.78 Å². The summed E-state index contributed by atoms with van der Waals surface area (Å²) in [4.78, 5) is 11.9. The van der Waals surface area contributed by atoms with Crippen molar-refractivity contribution in [3.8, 4) is 0 Å². The first-order chi connectivity index (χ1) is 11.0. The summed E-state index contributed by atoms with van der Waals surface area (Å²) in [7, 11) is 0. The largest absolute Gasteiger partial charge is 0.375 e. The van der Waals surface area contributed by atoms with Crippen molar-refractivity contribution in [2.75, 3.05) is 6.61 Å². The number of benzene rings is 2. The van der Waals surface area contributed by atoms with Crippen molar-refractivity contribution in [3.63, 3.8) is 0 Å². The van der Waals surface area contributed by atoms with Gasteiger partial charge in [-0.05, 0) is 36.8 Å². The average molecular weight is 340 g/mol. The topological polar surface area (TPSA) is 38.3 Å². The van der Waals surface area contributed by atoms with Gasteiger partial charge in [-0.15, -0.1) is 0 Å². The van der Waals surface area contributed by atoms with E-state index in [0.717, 1.165) is 17.7 Å². The molecule has 0 aromatic heterocycles. The fraction of sp³-hybridized carbons (Fsp3) is 0.235. The van der Waals surface area contributed by atoms with Gasteiger partial charge in [0.2, 0.25) is 0 Å². The molecular formula is C17H16ClF2NO2. The minimum Gasteiger partial charge on any atom is -0.375 e. The van der Waals surface area contributed by atoms with Gasteiger partial charge in [0.05, 0.1) is 13.2 Å². The van der Waals surface area contributed by atoms with Crippen LogP contribution in [0.15, 0.2) is 42.5 Å². The standard InChI is InChI=1S/C17H16ClF2NO2/c1-11(9-23-10-12-5-7-13(18)8-6-12)21-17(22)16-14(19)3-2-4-15(16)20/h2-8,11H,9-10H2,1H3,(H,21,22). The molecule has 6 heteroatoms. The Morgan fingerprint density at radius 3 is 2.39 bits per heavy atom. The number of halogens is 3. The molecule has 0 saturated heterocycles. The van der Waals surface area contributed by atoms with E-state index in [4.69, 9.17) is 16.3 Å². The number of nitrogens with one attached hydrogen (secondary N) is 1. The Morgan fingerprint density at radius 2 is 1.78 bits per heavy atom. The first-order valence-electron chi connectivity index (χ1n) is 7.04. The van der Waals surface area contributed by atoms with E-state index in [9.17, 15) is 13.6 Å². The summed E-state index contributed by atoms with van der Waals surface area (Å²) < 4.78 is 32.5. The highest BCUT2D eigenvalue weighted by Gasteiger charge is 2.18. The molecule has 0 fully saturated rings. The molecule has 122 valence electrons. The number of carbonyl (C=O) groups is 1. The second-order valence-electron chi connectivity index (χ2n) is 5.11. The van der Waals surface area contributed by atoms with Crippen molar-refractivity contribution >= 4 is 17.5 Å². The van der Waals surface area contributed by atoms with E-state index >= 15 is 0 Å². The molecule has 0 aliphatic carbocycles. The van der Waals surface area contributed by atoms with Gasteiger partial charge in [0.15, 0.2) is 0 Å². The molecule has 23 heavy (non-hydrogen) atoms. The van der Waals surface area contributed by atoms with Crippen LogP contribution in [0.1, 0.15) is 22.8 Å². The van der Waals surface area contributed by atoms with E-state index < -0.39 is 29.1 Å². The number of hydrogen-bond donors (Lipinski definition) is 1. The van der Waals surface area contributed by atoms with E-state index in [-0.39, 0.29) is 6.61 Å². The number of carbonyl (C=O) groups excluding carboxylic acids is 1. The molecule has 1 unspecified atom stereocenters. The lowest BCUT2D eigenvalue weighted by molar-refractivity contribution is 0.0814. The number of rotatable bonds is 6. The third-order valence-electron chi connectivity index (χ3n) is 3.12. The van der Waals surface area contributed by atoms with Crippen molar-refractivity contribution in [3.05, 3.63) is 70.2 Å².